The van der Waals surface area contributed by atoms with Crippen LogP contribution in [0.4, 0.5) is 0 Å². The van der Waals surface area contributed by atoms with Crippen molar-refractivity contribution in [2.24, 2.45) is 13.0 Å². The molecule has 3 fully saturated rings. The molecule has 4 rings (SSSR count). The lowest BCUT2D eigenvalue weighted by atomic mass is 9.95. The standard InChI is InChI=1S/C22H35N5O2/c1-26-12-11-23-21(26)22(29)24-14-19-10-9-18(27(19)15-16-7-8-16)13-20(28)25-17-5-3-2-4-6-17/h11-12,16-19H,2-10,13-15H2,1H3,(H,24,29)(H,25,28)/t18-,19+/m1/s1. The third kappa shape index (κ3) is 5.38. The first-order valence-electron chi connectivity index (χ1n) is 11.4. The van der Waals surface area contributed by atoms with Crippen LogP contribution in [0.15, 0.2) is 12.4 Å². The maximum absolute atomic E-state index is 12.7. The molecule has 1 aromatic rings. The SMILES string of the molecule is Cn1ccnc1C(=O)NC[C@@H]1CC[C@H](CC(=O)NC2CCCCC2)N1CC1CC1. The number of aromatic nitrogens is 2. The highest BCUT2D eigenvalue weighted by Crippen LogP contribution is 2.35. The van der Waals surface area contributed by atoms with Gasteiger partial charge >= 0.3 is 0 Å². The van der Waals surface area contributed by atoms with E-state index in [1.165, 1.54) is 32.1 Å². The molecule has 1 aromatic heterocycles. The lowest BCUT2D eigenvalue weighted by Crippen LogP contribution is -2.46. The molecular weight excluding hydrogens is 366 g/mol. The van der Waals surface area contributed by atoms with Crippen LogP contribution in [0, 0.1) is 5.92 Å². The topological polar surface area (TPSA) is 79.3 Å². The molecule has 2 aliphatic carbocycles. The largest absolute Gasteiger partial charge is 0.353 e. The van der Waals surface area contributed by atoms with Gasteiger partial charge in [0.15, 0.2) is 5.82 Å². The van der Waals surface area contributed by atoms with E-state index in [1.54, 1.807) is 17.0 Å². The van der Waals surface area contributed by atoms with E-state index in [0.29, 0.717) is 36.9 Å². The van der Waals surface area contributed by atoms with Gasteiger partial charge in [-0.15, -0.1) is 0 Å². The maximum atomic E-state index is 12.7. The number of rotatable bonds is 8. The number of amides is 2. The third-order valence-corrected chi connectivity index (χ3v) is 6.85. The van der Waals surface area contributed by atoms with Crippen LogP contribution in [0.2, 0.25) is 0 Å². The summed E-state index contributed by atoms with van der Waals surface area (Å²) in [6.45, 7) is 1.68. The molecule has 2 atom stereocenters. The number of aryl methyl sites for hydroxylation is 1. The lowest BCUT2D eigenvalue weighted by Gasteiger charge is -2.31. The van der Waals surface area contributed by atoms with Crippen LogP contribution in [0.25, 0.3) is 0 Å². The van der Waals surface area contributed by atoms with Gasteiger partial charge in [0.2, 0.25) is 5.91 Å². The highest BCUT2D eigenvalue weighted by atomic mass is 16.2. The minimum absolute atomic E-state index is 0.123. The second kappa shape index (κ2) is 9.28. The van der Waals surface area contributed by atoms with E-state index in [-0.39, 0.29) is 11.8 Å². The zero-order valence-electron chi connectivity index (χ0n) is 17.6. The summed E-state index contributed by atoms with van der Waals surface area (Å²) in [5, 5.41) is 6.35. The molecule has 0 radical (unpaired) electrons. The molecule has 2 heterocycles. The van der Waals surface area contributed by atoms with Gasteiger partial charge in [0.25, 0.3) is 5.91 Å². The Balaban J connectivity index is 1.30. The van der Waals surface area contributed by atoms with E-state index in [1.807, 2.05) is 7.05 Å². The number of nitrogens with one attached hydrogen (secondary N) is 2. The van der Waals surface area contributed by atoms with Crippen molar-refractivity contribution in [1.82, 2.24) is 25.1 Å². The first-order chi connectivity index (χ1) is 14.1. The van der Waals surface area contributed by atoms with Crippen LogP contribution in [-0.2, 0) is 11.8 Å². The minimum Gasteiger partial charge on any atom is -0.353 e. The second-order valence-corrected chi connectivity index (χ2v) is 9.20. The van der Waals surface area contributed by atoms with Crippen molar-refractivity contribution in [3.63, 3.8) is 0 Å². The summed E-state index contributed by atoms with van der Waals surface area (Å²) < 4.78 is 1.74. The monoisotopic (exact) mass is 401 g/mol. The Morgan fingerprint density at radius 1 is 1.07 bits per heavy atom. The summed E-state index contributed by atoms with van der Waals surface area (Å²) in [4.78, 5) is 31.7. The number of hydrogen-bond acceptors (Lipinski definition) is 4. The Kier molecular flexibility index (Phi) is 6.53. The van der Waals surface area contributed by atoms with Crippen LogP contribution >= 0.6 is 0 Å². The van der Waals surface area contributed by atoms with Crippen molar-refractivity contribution in [2.45, 2.75) is 82.3 Å². The molecule has 1 saturated heterocycles. The van der Waals surface area contributed by atoms with E-state index < -0.39 is 0 Å². The fourth-order valence-corrected chi connectivity index (χ4v) is 4.97. The normalized spacial score (nSPS) is 25.8. The molecule has 0 aromatic carbocycles. The summed E-state index contributed by atoms with van der Waals surface area (Å²) in [6.07, 6.45) is 14.7. The van der Waals surface area contributed by atoms with Gasteiger partial charge < -0.3 is 15.2 Å². The molecule has 2 N–H and O–H groups in total. The number of imidazole rings is 1. The van der Waals surface area contributed by atoms with Gasteiger partial charge in [-0.2, -0.15) is 0 Å². The van der Waals surface area contributed by atoms with Crippen LogP contribution in [0.3, 0.4) is 0 Å². The number of hydrogen-bond donors (Lipinski definition) is 2. The molecule has 7 heteroatoms. The van der Waals surface area contributed by atoms with Gasteiger partial charge in [0, 0.05) is 57.1 Å². The minimum atomic E-state index is -0.123. The molecule has 7 nitrogen and oxygen atoms in total. The predicted octanol–water partition coefficient (Wildman–Crippen LogP) is 2.23. The quantitative estimate of drug-likeness (QED) is 0.700. The molecule has 29 heavy (non-hydrogen) atoms. The van der Waals surface area contributed by atoms with Crippen molar-refractivity contribution in [3.05, 3.63) is 18.2 Å². The van der Waals surface area contributed by atoms with Crippen molar-refractivity contribution in [3.8, 4) is 0 Å². The van der Waals surface area contributed by atoms with Crippen LogP contribution in [0.1, 0.15) is 74.8 Å². The number of likely N-dealkylation sites (tertiary alicyclic amines) is 1. The second-order valence-electron chi connectivity index (χ2n) is 9.20. The van der Waals surface area contributed by atoms with E-state index in [0.717, 1.165) is 38.1 Å². The van der Waals surface area contributed by atoms with E-state index in [4.69, 9.17) is 0 Å². The molecule has 2 saturated carbocycles. The summed E-state index contributed by atoms with van der Waals surface area (Å²) in [5.41, 5.74) is 0. The summed E-state index contributed by atoms with van der Waals surface area (Å²) in [7, 11) is 1.83. The Morgan fingerprint density at radius 3 is 2.52 bits per heavy atom. The number of nitrogens with zero attached hydrogens (tertiary/aromatic N) is 3. The van der Waals surface area contributed by atoms with Gasteiger partial charge in [-0.3, -0.25) is 14.5 Å². The first-order valence-corrected chi connectivity index (χ1v) is 11.4. The molecular formula is C22H35N5O2. The van der Waals surface area contributed by atoms with Gasteiger partial charge in [-0.1, -0.05) is 19.3 Å². The molecule has 0 spiro atoms. The smallest absolute Gasteiger partial charge is 0.287 e. The number of carbonyl (C=O) groups excluding carboxylic acids is 2. The average molecular weight is 402 g/mol. The molecule has 0 bridgehead atoms. The van der Waals surface area contributed by atoms with Gasteiger partial charge in [0.1, 0.15) is 0 Å². The van der Waals surface area contributed by atoms with Crippen molar-refractivity contribution >= 4 is 11.8 Å². The van der Waals surface area contributed by atoms with Crippen molar-refractivity contribution < 1.29 is 9.59 Å². The van der Waals surface area contributed by atoms with Crippen LogP contribution < -0.4 is 10.6 Å². The van der Waals surface area contributed by atoms with Crippen molar-refractivity contribution in [1.29, 1.82) is 0 Å². The Morgan fingerprint density at radius 2 is 1.83 bits per heavy atom. The van der Waals surface area contributed by atoms with E-state index >= 15 is 0 Å². The van der Waals surface area contributed by atoms with Crippen LogP contribution in [-0.4, -0.2) is 57.5 Å². The Hall–Kier alpha value is -1.89. The lowest BCUT2D eigenvalue weighted by molar-refractivity contribution is -0.123. The van der Waals surface area contributed by atoms with Crippen molar-refractivity contribution in [2.75, 3.05) is 13.1 Å². The Bertz CT molecular complexity index is 708. The Labute approximate surface area is 173 Å². The van der Waals surface area contributed by atoms with Gasteiger partial charge in [-0.25, -0.2) is 4.98 Å². The van der Waals surface area contributed by atoms with E-state index in [9.17, 15) is 9.59 Å². The van der Waals surface area contributed by atoms with Crippen LogP contribution in [0.5, 0.6) is 0 Å². The summed E-state index contributed by atoms with van der Waals surface area (Å²) in [6, 6.07) is 0.990. The zero-order chi connectivity index (χ0) is 20.2. The molecule has 1 aliphatic heterocycles. The molecule has 160 valence electrons. The maximum Gasteiger partial charge on any atom is 0.287 e. The molecule has 2 amide bonds. The first kappa shape index (κ1) is 20.4. The van der Waals surface area contributed by atoms with E-state index in [2.05, 4.69) is 20.5 Å². The zero-order valence-corrected chi connectivity index (χ0v) is 17.6. The average Bonchev–Trinajstić information content (AvgIpc) is 3.31. The van der Waals surface area contributed by atoms with Gasteiger partial charge in [0.05, 0.1) is 0 Å². The number of carbonyl (C=O) groups is 2. The third-order valence-electron chi connectivity index (χ3n) is 6.85. The highest BCUT2D eigenvalue weighted by molar-refractivity contribution is 5.90. The molecule has 0 unspecified atom stereocenters. The summed E-state index contributed by atoms with van der Waals surface area (Å²) in [5.74, 6) is 1.30. The van der Waals surface area contributed by atoms with Gasteiger partial charge in [-0.05, 0) is 44.4 Å². The summed E-state index contributed by atoms with van der Waals surface area (Å²) >= 11 is 0. The predicted molar refractivity (Wildman–Crippen MR) is 111 cm³/mol. The fourth-order valence-electron chi connectivity index (χ4n) is 4.97. The highest BCUT2D eigenvalue weighted by Gasteiger charge is 2.38. The fraction of sp³-hybridized carbons (Fsp3) is 0.773. The molecule has 3 aliphatic rings.